The molecule has 7 rings (SSSR count). The van der Waals surface area contributed by atoms with Gasteiger partial charge in [0, 0.05) is 49.8 Å². The molecule has 1 aromatic carbocycles. The van der Waals surface area contributed by atoms with Crippen LogP contribution in [0.15, 0.2) is 36.2 Å². The number of carbonyl (C=O) groups excluding carboxylic acids is 1. The van der Waals surface area contributed by atoms with Gasteiger partial charge < -0.3 is 20.1 Å². The average Bonchev–Trinajstić information content (AvgIpc) is 2.83. The number of nitrogens with two attached hydrogens (primary N) is 1. The molecule has 184 valence electrons. The van der Waals surface area contributed by atoms with Gasteiger partial charge in [0.2, 0.25) is 5.91 Å². The van der Waals surface area contributed by atoms with Crippen LogP contribution in [0.3, 0.4) is 0 Å². The molecule has 34 heavy (non-hydrogen) atoms. The van der Waals surface area contributed by atoms with Crippen LogP contribution in [0.5, 0.6) is 5.75 Å². The summed E-state index contributed by atoms with van der Waals surface area (Å²) in [7, 11) is 0. The first-order chi connectivity index (χ1) is 16.5. The van der Waals surface area contributed by atoms with Gasteiger partial charge in [-0.1, -0.05) is 12.1 Å². The highest BCUT2D eigenvalue weighted by atomic mass is 19.1. The van der Waals surface area contributed by atoms with Crippen molar-refractivity contribution in [3.63, 3.8) is 0 Å². The van der Waals surface area contributed by atoms with E-state index in [0.717, 1.165) is 63.7 Å². The zero-order chi connectivity index (χ0) is 23.3. The fraction of sp³-hybridized carbons (Fsp3) is 0.679. The molecule has 6 fully saturated rings. The van der Waals surface area contributed by atoms with Crippen molar-refractivity contribution in [3.05, 3.63) is 41.7 Å². The number of benzene rings is 1. The third-order valence-corrected chi connectivity index (χ3v) is 9.78. The molecule has 1 amide bonds. The van der Waals surface area contributed by atoms with E-state index in [2.05, 4.69) is 17.0 Å². The Bertz CT molecular complexity index is 931. The van der Waals surface area contributed by atoms with E-state index in [1.165, 1.54) is 24.8 Å². The lowest BCUT2D eigenvalue weighted by Crippen LogP contribution is -2.64. The van der Waals surface area contributed by atoms with Gasteiger partial charge in [-0.2, -0.15) is 0 Å². The number of hydrogen-bond donors (Lipinski definition) is 1. The number of halogens is 1. The van der Waals surface area contributed by atoms with Crippen molar-refractivity contribution in [2.75, 3.05) is 39.5 Å². The molecule has 0 aromatic heterocycles. The van der Waals surface area contributed by atoms with E-state index in [-0.39, 0.29) is 24.5 Å². The molecule has 0 radical (unpaired) electrons. The summed E-state index contributed by atoms with van der Waals surface area (Å²) in [5.74, 6) is 3.20. The van der Waals surface area contributed by atoms with Crippen molar-refractivity contribution in [1.82, 2.24) is 4.90 Å². The minimum Gasteiger partial charge on any atom is -0.489 e. The fourth-order valence-electron chi connectivity index (χ4n) is 8.25. The Kier molecular flexibility index (Phi) is 5.72. The number of rotatable bonds is 6. The first-order valence-electron chi connectivity index (χ1n) is 13.1. The number of ether oxygens (including phenoxy) is 2. The zero-order valence-electron chi connectivity index (χ0n) is 20.0. The van der Waals surface area contributed by atoms with E-state index >= 15 is 0 Å². The maximum Gasteiger partial charge on any atom is 0.226 e. The first-order valence-corrected chi connectivity index (χ1v) is 13.1. The molecule has 2 unspecified atom stereocenters. The van der Waals surface area contributed by atoms with Gasteiger partial charge in [-0.15, -0.1) is 0 Å². The standard InChI is InChI=1S/C28H37FN2O3/c29-14-20(15-30)16-34-24-3-1-23(2-4-24)28-11-19-9-21(12-28)25(22(10-19)13-28)26(32)31-17-27(18-31)5-7-33-8-6-27/h1-4,14,19,21-22,25H,5-13,15-18,30H2/b20-14+/t19?,21?,22?,25-,28-. The van der Waals surface area contributed by atoms with E-state index in [0.29, 0.717) is 35.1 Å². The highest BCUT2D eigenvalue weighted by Gasteiger charge is 2.59. The Balaban J connectivity index is 1.13. The summed E-state index contributed by atoms with van der Waals surface area (Å²) in [6.45, 7) is 3.94. The molecule has 2 saturated heterocycles. The first kappa shape index (κ1) is 22.5. The van der Waals surface area contributed by atoms with Crippen molar-refractivity contribution < 1.29 is 18.7 Å². The summed E-state index contributed by atoms with van der Waals surface area (Å²) in [6.07, 6.45) is 8.70. The quantitative estimate of drug-likeness (QED) is 0.679. The Labute approximate surface area is 201 Å². The Morgan fingerprint density at radius 2 is 1.79 bits per heavy atom. The van der Waals surface area contributed by atoms with Crippen molar-refractivity contribution in [2.24, 2.45) is 34.8 Å². The molecule has 1 spiro atoms. The predicted molar refractivity (Wildman–Crippen MR) is 128 cm³/mol. The highest BCUT2D eigenvalue weighted by Crippen LogP contribution is 2.63. The van der Waals surface area contributed by atoms with Crippen molar-refractivity contribution in [3.8, 4) is 5.75 Å². The maximum absolute atomic E-state index is 13.6. The zero-order valence-corrected chi connectivity index (χ0v) is 20.0. The van der Waals surface area contributed by atoms with Crippen LogP contribution in [0.1, 0.15) is 50.5 Å². The molecule has 2 heterocycles. The van der Waals surface area contributed by atoms with Crippen LogP contribution in [0.4, 0.5) is 4.39 Å². The largest absolute Gasteiger partial charge is 0.489 e. The SMILES string of the molecule is NC/C(=C\F)COc1ccc([C@]23CC4CC(C2)[C@@H](C(=O)N2CC5(CCOCC5)C2)C(C4)C3)cc1. The average molecular weight is 469 g/mol. The summed E-state index contributed by atoms with van der Waals surface area (Å²) < 4.78 is 24.0. The van der Waals surface area contributed by atoms with Crippen LogP contribution in [-0.4, -0.2) is 50.3 Å². The van der Waals surface area contributed by atoms with Gasteiger partial charge in [-0.3, -0.25) is 4.79 Å². The van der Waals surface area contributed by atoms with Crippen LogP contribution in [0.25, 0.3) is 0 Å². The predicted octanol–water partition coefficient (Wildman–Crippen LogP) is 4.21. The van der Waals surface area contributed by atoms with Crippen LogP contribution in [0, 0.1) is 29.1 Å². The molecule has 6 heteroatoms. The summed E-state index contributed by atoms with van der Waals surface area (Å²) in [6, 6.07) is 8.42. The number of nitrogens with zero attached hydrogens (tertiary/aromatic N) is 1. The molecule has 5 nitrogen and oxygen atoms in total. The van der Waals surface area contributed by atoms with Crippen LogP contribution in [-0.2, 0) is 14.9 Å². The van der Waals surface area contributed by atoms with Crippen molar-refractivity contribution in [1.29, 1.82) is 0 Å². The molecule has 4 aliphatic carbocycles. The Morgan fingerprint density at radius 1 is 1.12 bits per heavy atom. The lowest BCUT2D eigenvalue weighted by molar-refractivity contribution is -0.168. The van der Waals surface area contributed by atoms with E-state index in [9.17, 15) is 9.18 Å². The van der Waals surface area contributed by atoms with Crippen LogP contribution in [0.2, 0.25) is 0 Å². The summed E-state index contributed by atoms with van der Waals surface area (Å²) in [4.78, 5) is 15.8. The van der Waals surface area contributed by atoms with Crippen LogP contribution >= 0.6 is 0 Å². The van der Waals surface area contributed by atoms with Gasteiger partial charge in [0.25, 0.3) is 0 Å². The lowest BCUT2D eigenvalue weighted by Gasteiger charge is -2.61. The molecule has 1 aromatic rings. The molecule has 2 N–H and O–H groups in total. The summed E-state index contributed by atoms with van der Waals surface area (Å²) in [5.41, 5.74) is 7.90. The highest BCUT2D eigenvalue weighted by molar-refractivity contribution is 5.81. The molecule has 4 saturated carbocycles. The van der Waals surface area contributed by atoms with Gasteiger partial charge in [0.15, 0.2) is 0 Å². The molecular formula is C28H37FN2O3. The Hall–Kier alpha value is -1.92. The number of carbonyl (C=O) groups is 1. The molecule has 4 bridgehead atoms. The normalized spacial score (nSPS) is 35.9. The number of hydrogen-bond acceptors (Lipinski definition) is 4. The maximum atomic E-state index is 13.6. The lowest BCUT2D eigenvalue weighted by atomic mass is 9.44. The third kappa shape index (κ3) is 3.78. The topological polar surface area (TPSA) is 64.8 Å². The van der Waals surface area contributed by atoms with Gasteiger partial charge in [0.05, 0.1) is 6.33 Å². The molecule has 6 aliphatic rings. The van der Waals surface area contributed by atoms with E-state index < -0.39 is 0 Å². The van der Waals surface area contributed by atoms with Crippen molar-refractivity contribution >= 4 is 5.91 Å². The summed E-state index contributed by atoms with van der Waals surface area (Å²) >= 11 is 0. The number of amides is 1. The Morgan fingerprint density at radius 3 is 2.41 bits per heavy atom. The van der Waals surface area contributed by atoms with Crippen molar-refractivity contribution in [2.45, 2.75) is 50.4 Å². The van der Waals surface area contributed by atoms with E-state index in [1.54, 1.807) is 0 Å². The smallest absolute Gasteiger partial charge is 0.226 e. The second-order valence-electron chi connectivity index (χ2n) is 11.9. The fourth-order valence-corrected chi connectivity index (χ4v) is 8.25. The molecule has 2 aliphatic heterocycles. The second kappa shape index (κ2) is 8.63. The van der Waals surface area contributed by atoms with Crippen LogP contribution < -0.4 is 10.5 Å². The monoisotopic (exact) mass is 468 g/mol. The third-order valence-electron chi connectivity index (χ3n) is 9.78. The van der Waals surface area contributed by atoms with Gasteiger partial charge in [0.1, 0.15) is 12.4 Å². The minimum atomic E-state index is 0.161. The minimum absolute atomic E-state index is 0.161. The van der Waals surface area contributed by atoms with Gasteiger partial charge >= 0.3 is 0 Å². The second-order valence-corrected chi connectivity index (χ2v) is 11.9. The summed E-state index contributed by atoms with van der Waals surface area (Å²) in [5, 5.41) is 0. The van der Waals surface area contributed by atoms with Gasteiger partial charge in [-0.25, -0.2) is 4.39 Å². The van der Waals surface area contributed by atoms with E-state index in [1.807, 2.05) is 12.1 Å². The van der Waals surface area contributed by atoms with Gasteiger partial charge in [-0.05, 0) is 85.8 Å². The number of likely N-dealkylation sites (tertiary alicyclic amines) is 1. The molecule has 2 atom stereocenters. The van der Waals surface area contributed by atoms with E-state index in [4.69, 9.17) is 15.2 Å². The molecular weight excluding hydrogens is 431 g/mol.